The number of benzene rings is 2. The van der Waals surface area contributed by atoms with E-state index in [9.17, 15) is 19.5 Å². The number of hydrogen-bond acceptors (Lipinski definition) is 6. The Labute approximate surface area is 163 Å². The molecule has 0 saturated carbocycles. The van der Waals surface area contributed by atoms with Gasteiger partial charge in [-0.1, -0.05) is 30.3 Å². The molecule has 0 unspecified atom stereocenters. The van der Waals surface area contributed by atoms with Crippen LogP contribution in [0.5, 0.6) is 11.5 Å². The summed E-state index contributed by atoms with van der Waals surface area (Å²) >= 11 is 0. The van der Waals surface area contributed by atoms with E-state index < -0.39 is 17.2 Å². The number of anilines is 1. The number of carbonyl (C=O) groups excluding carboxylic acids is 1. The molecule has 2 aromatic carbocycles. The van der Waals surface area contributed by atoms with Crippen LogP contribution in [-0.4, -0.2) is 28.0 Å². The molecule has 4 N–H and O–H groups in total. The van der Waals surface area contributed by atoms with E-state index >= 15 is 0 Å². The van der Waals surface area contributed by atoms with E-state index in [-0.39, 0.29) is 28.7 Å². The number of ether oxygens (including phenoxy) is 1. The average molecular weight is 389 g/mol. The lowest BCUT2D eigenvalue weighted by Gasteiger charge is -2.27. The largest absolute Gasteiger partial charge is 0.504 e. The molecule has 8 nitrogen and oxygen atoms in total. The second kappa shape index (κ2) is 5.96. The van der Waals surface area contributed by atoms with Gasteiger partial charge in [-0.05, 0) is 17.7 Å². The second-order valence-corrected chi connectivity index (χ2v) is 6.85. The van der Waals surface area contributed by atoms with Gasteiger partial charge in [0.2, 0.25) is 0 Å². The number of Topliss-reactive ketones (excluding diaryl/α,β-unsaturated/α-hetero) is 1. The number of rotatable bonds is 2. The summed E-state index contributed by atoms with van der Waals surface area (Å²) in [6.45, 7) is 0. The Morgan fingerprint density at radius 3 is 2.52 bits per heavy atom. The van der Waals surface area contributed by atoms with Gasteiger partial charge in [-0.2, -0.15) is 0 Å². The lowest BCUT2D eigenvalue weighted by molar-refractivity contribution is 0.103. The number of carbonyl (C=O) groups is 1. The van der Waals surface area contributed by atoms with Crippen LogP contribution in [0, 0.1) is 0 Å². The van der Waals surface area contributed by atoms with Gasteiger partial charge in [0.25, 0.3) is 5.56 Å². The van der Waals surface area contributed by atoms with Crippen molar-refractivity contribution in [1.82, 2.24) is 9.97 Å². The van der Waals surface area contributed by atoms with E-state index in [0.717, 1.165) is 0 Å². The summed E-state index contributed by atoms with van der Waals surface area (Å²) in [5.41, 5.74) is 1.74. The number of allylic oxidation sites excluding steroid dienone is 1. The number of nitrogens with one attached hydrogen (secondary N) is 3. The van der Waals surface area contributed by atoms with Gasteiger partial charge in [0.1, 0.15) is 5.82 Å². The van der Waals surface area contributed by atoms with Crippen molar-refractivity contribution in [2.75, 3.05) is 12.4 Å². The van der Waals surface area contributed by atoms with Crippen LogP contribution in [0.4, 0.5) is 5.82 Å². The van der Waals surface area contributed by atoms with Crippen LogP contribution in [0.3, 0.4) is 0 Å². The molecule has 0 spiro atoms. The standard InChI is InChI=1S/C21H15N3O5/c1-29-13-8-9(6-7-12(13)25)14-15-17(10-4-2-3-5-11(10)18(15)26)22-19-16(14)20(27)24-21(28)23-19/h2-8,14,25H,1H3,(H3,22,23,24,27,28)/t14-/m1/s1. The van der Waals surface area contributed by atoms with Crippen molar-refractivity contribution in [3.63, 3.8) is 0 Å². The van der Waals surface area contributed by atoms with Crippen LogP contribution in [0.15, 0.2) is 57.6 Å². The summed E-state index contributed by atoms with van der Waals surface area (Å²) in [6, 6.07) is 11.8. The molecule has 0 fully saturated rings. The fraction of sp³-hybridized carbons (Fsp3) is 0.0952. The molecule has 0 saturated heterocycles. The lowest BCUT2D eigenvalue weighted by Crippen LogP contribution is -2.33. The van der Waals surface area contributed by atoms with Crippen molar-refractivity contribution >= 4 is 17.3 Å². The SMILES string of the molecule is COc1cc([C@@H]2C3=C(Nc4[nH]c(=O)[nH]c(=O)c42)c2ccccc2C3=O)ccc1O. The number of fused-ring (bicyclic) bond motifs is 3. The predicted octanol–water partition coefficient (Wildman–Crippen LogP) is 1.94. The molecule has 8 heteroatoms. The Bertz CT molecular complexity index is 1350. The number of phenolic OH excluding ortho intramolecular Hbond substituents is 1. The number of aromatic nitrogens is 2. The summed E-state index contributed by atoms with van der Waals surface area (Å²) in [6.07, 6.45) is 0. The first-order valence-electron chi connectivity index (χ1n) is 8.88. The molecule has 5 rings (SSSR count). The summed E-state index contributed by atoms with van der Waals surface area (Å²) in [7, 11) is 1.42. The van der Waals surface area contributed by atoms with Crippen LogP contribution in [0.2, 0.25) is 0 Å². The highest BCUT2D eigenvalue weighted by atomic mass is 16.5. The molecule has 1 atom stereocenters. The average Bonchev–Trinajstić information content (AvgIpc) is 2.99. The Morgan fingerprint density at radius 2 is 1.76 bits per heavy atom. The minimum atomic E-state index is -0.753. The number of hydrogen-bond donors (Lipinski definition) is 4. The first-order valence-corrected chi connectivity index (χ1v) is 8.88. The van der Waals surface area contributed by atoms with E-state index in [0.29, 0.717) is 28.0 Å². The van der Waals surface area contributed by atoms with Gasteiger partial charge in [-0.15, -0.1) is 0 Å². The van der Waals surface area contributed by atoms with Gasteiger partial charge in [0.15, 0.2) is 17.3 Å². The Balaban J connectivity index is 1.83. The normalized spacial score (nSPS) is 16.7. The Morgan fingerprint density at radius 1 is 1.00 bits per heavy atom. The van der Waals surface area contributed by atoms with E-state index in [1.54, 1.807) is 24.3 Å². The molecule has 1 aromatic heterocycles. The molecule has 1 aliphatic carbocycles. The molecule has 2 heterocycles. The number of methoxy groups -OCH3 is 1. The van der Waals surface area contributed by atoms with Gasteiger partial charge in [0.05, 0.1) is 18.4 Å². The predicted molar refractivity (Wildman–Crippen MR) is 106 cm³/mol. The highest BCUT2D eigenvalue weighted by molar-refractivity contribution is 6.23. The molecular weight excluding hydrogens is 374 g/mol. The maximum atomic E-state index is 13.3. The molecule has 144 valence electrons. The minimum Gasteiger partial charge on any atom is -0.504 e. The van der Waals surface area contributed by atoms with Crippen molar-refractivity contribution in [3.05, 3.63) is 91.1 Å². The monoisotopic (exact) mass is 389 g/mol. The summed E-state index contributed by atoms with van der Waals surface area (Å²) in [4.78, 5) is 42.7. The summed E-state index contributed by atoms with van der Waals surface area (Å²) in [5.74, 6) is -0.559. The van der Waals surface area contributed by atoms with E-state index in [4.69, 9.17) is 4.74 Å². The van der Waals surface area contributed by atoms with Crippen molar-refractivity contribution in [1.29, 1.82) is 0 Å². The quantitative estimate of drug-likeness (QED) is 0.531. The van der Waals surface area contributed by atoms with Crippen LogP contribution >= 0.6 is 0 Å². The highest BCUT2D eigenvalue weighted by Crippen LogP contribution is 2.48. The van der Waals surface area contributed by atoms with Crippen molar-refractivity contribution in [2.45, 2.75) is 5.92 Å². The van der Waals surface area contributed by atoms with E-state index in [2.05, 4.69) is 15.3 Å². The molecule has 0 amide bonds. The minimum absolute atomic E-state index is 0.0592. The number of H-pyrrole nitrogens is 2. The zero-order valence-corrected chi connectivity index (χ0v) is 15.2. The van der Waals surface area contributed by atoms with Crippen LogP contribution in [0.1, 0.15) is 33.0 Å². The summed E-state index contributed by atoms with van der Waals surface area (Å²) in [5, 5.41) is 13.0. The lowest BCUT2D eigenvalue weighted by atomic mass is 9.81. The van der Waals surface area contributed by atoms with Crippen molar-refractivity contribution in [3.8, 4) is 11.5 Å². The molecule has 3 aromatic rings. The zero-order valence-electron chi connectivity index (χ0n) is 15.2. The molecule has 1 aliphatic heterocycles. The molecule has 2 aliphatic rings. The first kappa shape index (κ1) is 17.1. The number of phenols is 1. The molecular formula is C21H15N3O5. The van der Waals surface area contributed by atoms with E-state index in [1.807, 2.05) is 12.1 Å². The summed E-state index contributed by atoms with van der Waals surface area (Å²) < 4.78 is 5.20. The Kier molecular flexibility index (Phi) is 3.51. The smallest absolute Gasteiger partial charge is 0.327 e. The van der Waals surface area contributed by atoms with Gasteiger partial charge < -0.3 is 15.2 Å². The fourth-order valence-electron chi connectivity index (χ4n) is 4.06. The van der Waals surface area contributed by atoms with Gasteiger partial charge in [-0.3, -0.25) is 19.6 Å². The van der Waals surface area contributed by atoms with Crippen LogP contribution < -0.4 is 21.3 Å². The van der Waals surface area contributed by atoms with Gasteiger partial charge in [-0.25, -0.2) is 4.79 Å². The molecule has 29 heavy (non-hydrogen) atoms. The van der Waals surface area contributed by atoms with Gasteiger partial charge in [0, 0.05) is 22.6 Å². The molecule has 0 radical (unpaired) electrons. The third-order valence-electron chi connectivity index (χ3n) is 5.30. The number of aromatic hydroxyl groups is 1. The molecule has 0 bridgehead atoms. The fourth-order valence-corrected chi connectivity index (χ4v) is 4.06. The van der Waals surface area contributed by atoms with Gasteiger partial charge >= 0.3 is 5.69 Å². The number of ketones is 1. The Hall–Kier alpha value is -4.07. The van der Waals surface area contributed by atoms with Crippen molar-refractivity contribution in [2.24, 2.45) is 0 Å². The van der Waals surface area contributed by atoms with Crippen molar-refractivity contribution < 1.29 is 14.6 Å². The van der Waals surface area contributed by atoms with Crippen LogP contribution in [-0.2, 0) is 0 Å². The topological polar surface area (TPSA) is 124 Å². The van der Waals surface area contributed by atoms with E-state index in [1.165, 1.54) is 13.2 Å². The zero-order chi connectivity index (χ0) is 20.3. The third-order valence-corrected chi connectivity index (χ3v) is 5.30. The number of aromatic amines is 2. The maximum absolute atomic E-state index is 13.3. The first-order chi connectivity index (χ1) is 14.0. The second-order valence-electron chi connectivity index (χ2n) is 6.85. The highest BCUT2D eigenvalue weighted by Gasteiger charge is 2.41. The maximum Gasteiger partial charge on any atom is 0.327 e. The third kappa shape index (κ3) is 2.35. The van der Waals surface area contributed by atoms with Crippen LogP contribution in [0.25, 0.3) is 5.70 Å².